The molecular formula is C25H21N3O2S2. The first-order chi connectivity index (χ1) is 15.7. The molecule has 1 aliphatic heterocycles. The molecule has 1 aliphatic rings. The van der Waals surface area contributed by atoms with Gasteiger partial charge in [-0.1, -0.05) is 78.1 Å². The van der Waals surface area contributed by atoms with Gasteiger partial charge in [0.25, 0.3) is 5.91 Å². The summed E-state index contributed by atoms with van der Waals surface area (Å²) in [6.07, 6.45) is 0.683. The molecular weight excluding hydrogens is 438 g/mol. The Labute approximate surface area is 194 Å². The van der Waals surface area contributed by atoms with E-state index in [2.05, 4.69) is 10.3 Å². The lowest BCUT2D eigenvalue weighted by Gasteiger charge is -2.30. The van der Waals surface area contributed by atoms with E-state index in [1.54, 1.807) is 6.07 Å². The van der Waals surface area contributed by atoms with Crippen LogP contribution in [0, 0.1) is 0 Å². The number of carbonyl (C=O) groups excluding carboxylic acids is 2. The van der Waals surface area contributed by atoms with Crippen LogP contribution in [-0.2, 0) is 17.8 Å². The van der Waals surface area contributed by atoms with Crippen LogP contribution in [0.15, 0.2) is 78.2 Å². The van der Waals surface area contributed by atoms with Crippen molar-refractivity contribution in [2.75, 3.05) is 11.9 Å². The molecule has 0 unspecified atom stereocenters. The molecule has 0 saturated heterocycles. The first-order valence-corrected chi connectivity index (χ1v) is 12.1. The molecule has 0 atom stereocenters. The average Bonchev–Trinajstić information content (AvgIpc) is 3.50. The Bertz CT molecular complexity index is 1180. The number of fused-ring (bicyclic) bond motifs is 1. The number of hydrogen-bond acceptors (Lipinski definition) is 5. The summed E-state index contributed by atoms with van der Waals surface area (Å²) in [7, 11) is 0. The van der Waals surface area contributed by atoms with E-state index in [9.17, 15) is 9.59 Å². The summed E-state index contributed by atoms with van der Waals surface area (Å²) in [4.78, 5) is 34.3. The molecule has 2 amide bonds. The summed E-state index contributed by atoms with van der Waals surface area (Å²) in [6.45, 7) is 1.13. The number of thiazole rings is 1. The number of amides is 2. The van der Waals surface area contributed by atoms with Crippen LogP contribution < -0.4 is 5.32 Å². The molecule has 2 aromatic heterocycles. The SMILES string of the molecule is O=C(Nc1nc2c(s1)CN(C(=O)C(c1ccccc1)c1ccccc1)CC2)c1cccs1. The van der Waals surface area contributed by atoms with Gasteiger partial charge in [0.1, 0.15) is 0 Å². The highest BCUT2D eigenvalue weighted by Gasteiger charge is 2.31. The molecule has 32 heavy (non-hydrogen) atoms. The summed E-state index contributed by atoms with van der Waals surface area (Å²) < 4.78 is 0. The average molecular weight is 460 g/mol. The number of nitrogens with zero attached hydrogens (tertiary/aromatic N) is 2. The standard InChI is InChI=1S/C25H21N3O2S2/c29-23(20-12-7-15-31-20)27-25-26-19-13-14-28(16-21(19)32-25)24(30)22(17-8-3-1-4-9-17)18-10-5-2-6-11-18/h1-12,15,22H,13-14,16H2,(H,26,27,29). The van der Waals surface area contributed by atoms with Gasteiger partial charge in [-0.2, -0.15) is 0 Å². The number of rotatable bonds is 5. The minimum absolute atomic E-state index is 0.0885. The Hall–Kier alpha value is -3.29. The van der Waals surface area contributed by atoms with E-state index < -0.39 is 0 Å². The quantitative estimate of drug-likeness (QED) is 0.448. The van der Waals surface area contributed by atoms with Gasteiger partial charge in [0.05, 0.1) is 23.0 Å². The van der Waals surface area contributed by atoms with Gasteiger partial charge in [-0.3, -0.25) is 14.9 Å². The van der Waals surface area contributed by atoms with E-state index >= 15 is 0 Å². The lowest BCUT2D eigenvalue weighted by molar-refractivity contribution is -0.132. The van der Waals surface area contributed by atoms with Crippen LogP contribution in [0.4, 0.5) is 5.13 Å². The van der Waals surface area contributed by atoms with Crippen LogP contribution in [0.2, 0.25) is 0 Å². The lowest BCUT2D eigenvalue weighted by Crippen LogP contribution is -2.39. The number of benzene rings is 2. The molecule has 2 aromatic carbocycles. The molecule has 0 bridgehead atoms. The third kappa shape index (κ3) is 4.22. The van der Waals surface area contributed by atoms with Crippen LogP contribution in [-0.4, -0.2) is 28.2 Å². The number of carbonyl (C=O) groups is 2. The second-order valence-corrected chi connectivity index (χ2v) is 9.62. The second kappa shape index (κ2) is 9.06. The number of anilines is 1. The fraction of sp³-hybridized carbons (Fsp3) is 0.160. The van der Waals surface area contributed by atoms with Crippen molar-refractivity contribution in [3.8, 4) is 0 Å². The summed E-state index contributed by atoms with van der Waals surface area (Å²) in [6, 6.07) is 23.5. The molecule has 160 valence electrons. The molecule has 5 nitrogen and oxygen atoms in total. The van der Waals surface area contributed by atoms with Crippen molar-refractivity contribution in [3.05, 3.63) is 105 Å². The van der Waals surface area contributed by atoms with Gasteiger partial charge in [-0.05, 0) is 22.6 Å². The zero-order valence-electron chi connectivity index (χ0n) is 17.2. The highest BCUT2D eigenvalue weighted by Crippen LogP contribution is 2.32. The van der Waals surface area contributed by atoms with Crippen molar-refractivity contribution >= 4 is 39.6 Å². The van der Waals surface area contributed by atoms with Gasteiger partial charge in [0.15, 0.2) is 5.13 Å². The van der Waals surface area contributed by atoms with Crippen molar-refractivity contribution < 1.29 is 9.59 Å². The largest absolute Gasteiger partial charge is 0.336 e. The van der Waals surface area contributed by atoms with Gasteiger partial charge >= 0.3 is 0 Å². The van der Waals surface area contributed by atoms with Crippen molar-refractivity contribution in [3.63, 3.8) is 0 Å². The number of thiophene rings is 1. The predicted octanol–water partition coefficient (Wildman–Crippen LogP) is 5.17. The molecule has 7 heteroatoms. The van der Waals surface area contributed by atoms with Crippen LogP contribution >= 0.6 is 22.7 Å². The van der Waals surface area contributed by atoms with Crippen LogP contribution in [0.5, 0.6) is 0 Å². The zero-order valence-corrected chi connectivity index (χ0v) is 18.9. The van der Waals surface area contributed by atoms with Crippen molar-refractivity contribution in [2.24, 2.45) is 0 Å². The lowest BCUT2D eigenvalue weighted by atomic mass is 9.89. The summed E-state index contributed by atoms with van der Waals surface area (Å²) in [5.41, 5.74) is 2.95. The van der Waals surface area contributed by atoms with Crippen molar-refractivity contribution in [1.82, 2.24) is 9.88 Å². The maximum absolute atomic E-state index is 13.7. The minimum atomic E-state index is -0.343. The van der Waals surface area contributed by atoms with E-state index in [4.69, 9.17) is 0 Å². The highest BCUT2D eigenvalue weighted by molar-refractivity contribution is 7.16. The Morgan fingerprint density at radius 1 is 0.938 bits per heavy atom. The van der Waals surface area contributed by atoms with Crippen molar-refractivity contribution in [2.45, 2.75) is 18.9 Å². The van der Waals surface area contributed by atoms with Crippen LogP contribution in [0.3, 0.4) is 0 Å². The van der Waals surface area contributed by atoms with E-state index in [1.807, 2.05) is 77.0 Å². The number of aromatic nitrogens is 1. The fourth-order valence-electron chi connectivity index (χ4n) is 3.95. The highest BCUT2D eigenvalue weighted by atomic mass is 32.1. The normalized spacial score (nSPS) is 13.1. The second-order valence-electron chi connectivity index (χ2n) is 7.58. The maximum atomic E-state index is 13.7. The molecule has 3 heterocycles. The maximum Gasteiger partial charge on any atom is 0.267 e. The molecule has 0 saturated carbocycles. The minimum Gasteiger partial charge on any atom is -0.336 e. The van der Waals surface area contributed by atoms with Gasteiger partial charge in [-0.25, -0.2) is 4.98 Å². The number of hydrogen-bond donors (Lipinski definition) is 1. The molecule has 0 radical (unpaired) electrons. The van der Waals surface area contributed by atoms with E-state index in [0.29, 0.717) is 29.5 Å². The topological polar surface area (TPSA) is 62.3 Å². The van der Waals surface area contributed by atoms with Crippen LogP contribution in [0.25, 0.3) is 0 Å². The Kier molecular flexibility index (Phi) is 5.83. The Morgan fingerprint density at radius 2 is 1.62 bits per heavy atom. The number of nitrogens with one attached hydrogen (secondary N) is 1. The van der Waals surface area contributed by atoms with Gasteiger partial charge < -0.3 is 4.90 Å². The van der Waals surface area contributed by atoms with Gasteiger partial charge in [-0.15, -0.1) is 11.3 Å². The molecule has 0 aliphatic carbocycles. The summed E-state index contributed by atoms with van der Waals surface area (Å²) in [5.74, 6) is -0.400. The Balaban J connectivity index is 1.36. The first-order valence-electron chi connectivity index (χ1n) is 10.4. The molecule has 0 spiro atoms. The van der Waals surface area contributed by atoms with Gasteiger partial charge in [0, 0.05) is 17.8 Å². The van der Waals surface area contributed by atoms with E-state index in [-0.39, 0.29) is 17.7 Å². The zero-order chi connectivity index (χ0) is 21.9. The van der Waals surface area contributed by atoms with Crippen LogP contribution in [0.1, 0.15) is 37.3 Å². The van der Waals surface area contributed by atoms with E-state index in [1.165, 1.54) is 22.7 Å². The summed E-state index contributed by atoms with van der Waals surface area (Å²) >= 11 is 2.85. The summed E-state index contributed by atoms with van der Waals surface area (Å²) in [5, 5.41) is 5.36. The monoisotopic (exact) mass is 459 g/mol. The predicted molar refractivity (Wildman–Crippen MR) is 128 cm³/mol. The smallest absolute Gasteiger partial charge is 0.267 e. The molecule has 0 fully saturated rings. The first kappa shape index (κ1) is 20.6. The molecule has 5 rings (SSSR count). The third-order valence-corrected chi connectivity index (χ3v) is 7.39. The molecule has 1 N–H and O–H groups in total. The van der Waals surface area contributed by atoms with Crippen molar-refractivity contribution in [1.29, 1.82) is 0 Å². The van der Waals surface area contributed by atoms with E-state index in [0.717, 1.165) is 21.7 Å². The fourth-order valence-corrected chi connectivity index (χ4v) is 5.59. The Morgan fingerprint density at radius 3 is 2.25 bits per heavy atom. The third-order valence-electron chi connectivity index (χ3n) is 5.52. The molecule has 4 aromatic rings. The van der Waals surface area contributed by atoms with Gasteiger partial charge in [0.2, 0.25) is 5.91 Å².